The Labute approximate surface area is 215 Å². The minimum absolute atomic E-state index is 0.168. The van der Waals surface area contributed by atoms with Gasteiger partial charge in [-0.25, -0.2) is 0 Å². The van der Waals surface area contributed by atoms with E-state index in [9.17, 15) is 0 Å². The van der Waals surface area contributed by atoms with Crippen molar-refractivity contribution >= 4 is 11.8 Å². The van der Waals surface area contributed by atoms with Crippen LogP contribution in [0.2, 0.25) is 0 Å². The molecule has 1 unspecified atom stereocenters. The molecule has 0 saturated carbocycles. The molecule has 2 heteroatoms. The quantitative estimate of drug-likeness (QED) is 0.426. The van der Waals surface area contributed by atoms with Crippen LogP contribution in [0.1, 0.15) is 117 Å². The van der Waals surface area contributed by atoms with Crippen LogP contribution in [0.15, 0.2) is 59.7 Å². The fourth-order valence-corrected chi connectivity index (χ4v) is 6.02. The summed E-state index contributed by atoms with van der Waals surface area (Å²) < 4.78 is 0. The number of nitrogens with one attached hydrogen (secondary N) is 1. The molecule has 3 rings (SSSR count). The highest BCUT2D eigenvalue weighted by molar-refractivity contribution is 5.99. The predicted octanol–water partition coefficient (Wildman–Crippen LogP) is 9.22. The standard InChI is InChI=1S/C33H48N2/c1-30(2,3)22-32(7,8)26-16-11-24(12-17-26)13-20-28-21-29(35-34-28)25-14-18-27(19-15-25)33(9,10)23-31(4,5)6/h11-20,29,35H,21-23H2,1-10H3. The Bertz CT molecular complexity index is 1040. The summed E-state index contributed by atoms with van der Waals surface area (Å²) in [6.45, 7) is 23.3. The lowest BCUT2D eigenvalue weighted by Gasteiger charge is -2.33. The van der Waals surface area contributed by atoms with Crippen molar-refractivity contribution in [2.45, 2.75) is 105 Å². The molecule has 0 bridgehead atoms. The van der Waals surface area contributed by atoms with E-state index in [0.29, 0.717) is 10.8 Å². The van der Waals surface area contributed by atoms with Crippen molar-refractivity contribution < 1.29 is 0 Å². The maximum absolute atomic E-state index is 4.61. The summed E-state index contributed by atoms with van der Waals surface area (Å²) in [5.41, 5.74) is 10.7. The Kier molecular flexibility index (Phi) is 7.75. The average Bonchev–Trinajstić information content (AvgIpc) is 3.18. The van der Waals surface area contributed by atoms with Gasteiger partial charge in [-0.05, 0) is 62.8 Å². The molecule has 2 aromatic rings. The van der Waals surface area contributed by atoms with Crippen LogP contribution in [0, 0.1) is 10.8 Å². The summed E-state index contributed by atoms with van der Waals surface area (Å²) in [7, 11) is 0. The average molecular weight is 473 g/mol. The van der Waals surface area contributed by atoms with Crippen molar-refractivity contribution in [3.05, 3.63) is 76.9 Å². The summed E-state index contributed by atoms with van der Waals surface area (Å²) in [5, 5.41) is 4.61. The van der Waals surface area contributed by atoms with Gasteiger partial charge in [0.2, 0.25) is 0 Å². The first-order chi connectivity index (χ1) is 16.0. The summed E-state index contributed by atoms with van der Waals surface area (Å²) in [5.74, 6) is 0. The molecule has 2 aromatic carbocycles. The molecule has 0 radical (unpaired) electrons. The topological polar surface area (TPSA) is 24.4 Å². The molecule has 1 aliphatic heterocycles. The molecule has 0 aliphatic carbocycles. The number of rotatable bonds is 7. The monoisotopic (exact) mass is 472 g/mol. The van der Waals surface area contributed by atoms with E-state index < -0.39 is 0 Å². The van der Waals surface area contributed by atoms with Gasteiger partial charge in [0.05, 0.1) is 11.8 Å². The van der Waals surface area contributed by atoms with E-state index in [-0.39, 0.29) is 16.9 Å². The smallest absolute Gasteiger partial charge is 0.0745 e. The molecule has 0 spiro atoms. The van der Waals surface area contributed by atoms with Gasteiger partial charge in [-0.2, -0.15) is 5.10 Å². The summed E-state index contributed by atoms with van der Waals surface area (Å²) >= 11 is 0. The van der Waals surface area contributed by atoms with Gasteiger partial charge in [0.25, 0.3) is 0 Å². The van der Waals surface area contributed by atoms with Crippen LogP contribution in [0.4, 0.5) is 0 Å². The lowest BCUT2D eigenvalue weighted by molar-refractivity contribution is 0.283. The molecule has 1 aliphatic rings. The third-order valence-corrected chi connectivity index (χ3v) is 6.98. The Morgan fingerprint density at radius 3 is 1.60 bits per heavy atom. The van der Waals surface area contributed by atoms with Gasteiger partial charge in [0.15, 0.2) is 0 Å². The van der Waals surface area contributed by atoms with E-state index in [4.69, 9.17) is 0 Å². The SMILES string of the molecule is CC(C)(C)CC(C)(C)c1ccc(C=CC2=NNC(c3ccc(C(C)(C)CC(C)(C)C)cc3)C2)cc1. The number of hydrogen-bond donors (Lipinski definition) is 1. The fraction of sp³-hybridized carbons (Fsp3) is 0.545. The van der Waals surface area contributed by atoms with Gasteiger partial charge in [-0.15, -0.1) is 0 Å². The van der Waals surface area contributed by atoms with Crippen molar-refractivity contribution in [1.82, 2.24) is 5.43 Å². The van der Waals surface area contributed by atoms with Crippen LogP contribution in [-0.2, 0) is 10.8 Å². The zero-order valence-electron chi connectivity index (χ0n) is 23.9. The van der Waals surface area contributed by atoms with Gasteiger partial charge in [0.1, 0.15) is 0 Å². The molecule has 1 N–H and O–H groups in total. The largest absolute Gasteiger partial charge is 0.302 e. The van der Waals surface area contributed by atoms with E-state index in [1.807, 2.05) is 0 Å². The number of hydrazone groups is 1. The van der Waals surface area contributed by atoms with Crippen LogP contribution >= 0.6 is 0 Å². The molecular weight excluding hydrogens is 424 g/mol. The highest BCUT2D eigenvalue weighted by atomic mass is 15.3. The van der Waals surface area contributed by atoms with E-state index in [0.717, 1.165) is 25.0 Å². The molecule has 0 amide bonds. The van der Waals surface area contributed by atoms with Gasteiger partial charge >= 0.3 is 0 Å². The Balaban J connectivity index is 1.60. The molecule has 1 atom stereocenters. The van der Waals surface area contributed by atoms with Crippen LogP contribution in [0.5, 0.6) is 0 Å². The first kappa shape index (κ1) is 27.2. The van der Waals surface area contributed by atoms with Crippen molar-refractivity contribution in [2.75, 3.05) is 0 Å². The van der Waals surface area contributed by atoms with Gasteiger partial charge < -0.3 is 5.43 Å². The maximum Gasteiger partial charge on any atom is 0.0745 e. The van der Waals surface area contributed by atoms with E-state index in [1.54, 1.807) is 0 Å². The minimum Gasteiger partial charge on any atom is -0.302 e. The highest BCUT2D eigenvalue weighted by Gasteiger charge is 2.28. The van der Waals surface area contributed by atoms with Gasteiger partial charge in [-0.1, -0.05) is 124 Å². The molecule has 1 heterocycles. The van der Waals surface area contributed by atoms with Crippen molar-refractivity contribution in [3.8, 4) is 0 Å². The lowest BCUT2D eigenvalue weighted by atomic mass is 9.72. The van der Waals surface area contributed by atoms with Crippen molar-refractivity contribution in [1.29, 1.82) is 0 Å². The number of allylic oxidation sites excluding steroid dienone is 1. The lowest BCUT2D eigenvalue weighted by Crippen LogP contribution is -2.24. The first-order valence-corrected chi connectivity index (χ1v) is 13.3. The molecule has 0 aromatic heterocycles. The normalized spacial score (nSPS) is 17.5. The van der Waals surface area contributed by atoms with E-state index >= 15 is 0 Å². The summed E-state index contributed by atoms with van der Waals surface area (Å²) in [6.07, 6.45) is 7.57. The Hall–Kier alpha value is -2.35. The molecule has 190 valence electrons. The minimum atomic E-state index is 0.168. The van der Waals surface area contributed by atoms with Crippen molar-refractivity contribution in [2.24, 2.45) is 15.9 Å². The fourth-order valence-electron chi connectivity index (χ4n) is 6.02. The van der Waals surface area contributed by atoms with E-state index in [1.165, 1.54) is 22.3 Å². The van der Waals surface area contributed by atoms with Crippen LogP contribution < -0.4 is 5.43 Å². The molecule has 0 fully saturated rings. The van der Waals surface area contributed by atoms with Crippen LogP contribution in [0.25, 0.3) is 6.08 Å². The van der Waals surface area contributed by atoms with Gasteiger partial charge in [0, 0.05) is 6.42 Å². The second-order valence-electron chi connectivity index (χ2n) is 14.3. The number of hydrogen-bond acceptors (Lipinski definition) is 2. The first-order valence-electron chi connectivity index (χ1n) is 13.3. The third kappa shape index (κ3) is 7.82. The Morgan fingerprint density at radius 1 is 0.686 bits per heavy atom. The summed E-state index contributed by atoms with van der Waals surface area (Å²) in [4.78, 5) is 0. The summed E-state index contributed by atoms with van der Waals surface area (Å²) in [6, 6.07) is 18.4. The third-order valence-electron chi connectivity index (χ3n) is 6.98. The number of nitrogens with zero attached hydrogens (tertiary/aromatic N) is 1. The molecule has 2 nitrogen and oxygen atoms in total. The molecule has 0 saturated heterocycles. The van der Waals surface area contributed by atoms with Crippen LogP contribution in [-0.4, -0.2) is 5.71 Å². The predicted molar refractivity (Wildman–Crippen MR) is 154 cm³/mol. The Morgan fingerprint density at radius 2 is 1.14 bits per heavy atom. The second-order valence-corrected chi connectivity index (χ2v) is 14.3. The molecule has 35 heavy (non-hydrogen) atoms. The van der Waals surface area contributed by atoms with Gasteiger partial charge in [-0.3, -0.25) is 0 Å². The van der Waals surface area contributed by atoms with E-state index in [2.05, 4.69) is 140 Å². The number of benzene rings is 2. The van der Waals surface area contributed by atoms with Crippen molar-refractivity contribution in [3.63, 3.8) is 0 Å². The highest BCUT2D eigenvalue weighted by Crippen LogP contribution is 2.37. The second kappa shape index (κ2) is 9.96. The molecular formula is C33H48N2. The maximum atomic E-state index is 4.61. The van der Waals surface area contributed by atoms with Crippen LogP contribution in [0.3, 0.4) is 0 Å². The zero-order valence-corrected chi connectivity index (χ0v) is 23.9. The zero-order chi connectivity index (χ0) is 26.1.